The molecule has 3 rings (SSSR count). The average molecular weight is 336 g/mol. The first-order valence-corrected chi connectivity index (χ1v) is 9.37. The van der Waals surface area contributed by atoms with Crippen LogP contribution in [0.3, 0.4) is 0 Å². The van der Waals surface area contributed by atoms with Crippen LogP contribution >= 0.6 is 0 Å². The largest absolute Gasteiger partial charge is 0.352 e. The quantitative estimate of drug-likeness (QED) is 0.787. The van der Waals surface area contributed by atoms with E-state index in [9.17, 15) is 4.79 Å². The summed E-state index contributed by atoms with van der Waals surface area (Å²) >= 11 is 0. The maximum absolute atomic E-state index is 12.3. The average Bonchev–Trinajstić information content (AvgIpc) is 2.66. The van der Waals surface area contributed by atoms with Crippen molar-refractivity contribution in [2.24, 2.45) is 0 Å². The van der Waals surface area contributed by atoms with E-state index in [1.165, 1.54) is 29.5 Å². The Morgan fingerprint density at radius 2 is 2.04 bits per heavy atom. The minimum atomic E-state index is 0.0255. The van der Waals surface area contributed by atoms with Gasteiger partial charge in [-0.1, -0.05) is 42.0 Å². The Kier molecular flexibility index (Phi) is 6.24. The van der Waals surface area contributed by atoms with Gasteiger partial charge in [0.25, 0.3) is 5.91 Å². The number of carbonyl (C=O) groups is 1. The lowest BCUT2D eigenvalue weighted by molar-refractivity contribution is 0.0953. The molecule has 2 N–H and O–H groups in total. The number of hydrogen-bond donors (Lipinski definition) is 2. The highest BCUT2D eigenvalue weighted by Crippen LogP contribution is 2.23. The zero-order chi connectivity index (χ0) is 17.5. The Bertz CT molecular complexity index is 687. The normalized spacial score (nSPS) is 17.2. The van der Waals surface area contributed by atoms with E-state index < -0.39 is 0 Å². The summed E-state index contributed by atoms with van der Waals surface area (Å²) in [4.78, 5) is 12.3. The van der Waals surface area contributed by atoms with Gasteiger partial charge in [0.05, 0.1) is 0 Å². The van der Waals surface area contributed by atoms with Crippen LogP contribution in [0.5, 0.6) is 0 Å². The summed E-state index contributed by atoms with van der Waals surface area (Å²) in [5, 5.41) is 6.47. The molecule has 0 radical (unpaired) electrons. The molecule has 132 valence electrons. The van der Waals surface area contributed by atoms with Crippen molar-refractivity contribution in [1.29, 1.82) is 0 Å². The highest BCUT2D eigenvalue weighted by molar-refractivity contribution is 5.94. The van der Waals surface area contributed by atoms with Crippen molar-refractivity contribution in [3.8, 4) is 0 Å². The van der Waals surface area contributed by atoms with Crippen LogP contribution in [0.1, 0.15) is 52.2 Å². The maximum Gasteiger partial charge on any atom is 0.251 e. The molecule has 3 heteroatoms. The van der Waals surface area contributed by atoms with Crippen LogP contribution in [-0.2, 0) is 6.42 Å². The molecule has 0 unspecified atom stereocenters. The Hall–Kier alpha value is -2.13. The molecule has 1 atom stereocenters. The van der Waals surface area contributed by atoms with Crippen LogP contribution in [0.15, 0.2) is 48.5 Å². The first-order chi connectivity index (χ1) is 12.2. The lowest BCUT2D eigenvalue weighted by atomic mass is 9.91. The molecule has 1 saturated heterocycles. The van der Waals surface area contributed by atoms with Gasteiger partial charge in [0.1, 0.15) is 0 Å². The van der Waals surface area contributed by atoms with Gasteiger partial charge in [0.15, 0.2) is 0 Å². The Labute approximate surface area is 150 Å². The van der Waals surface area contributed by atoms with E-state index in [-0.39, 0.29) is 5.91 Å². The van der Waals surface area contributed by atoms with Gasteiger partial charge < -0.3 is 10.6 Å². The summed E-state index contributed by atoms with van der Waals surface area (Å²) in [5.74, 6) is 0.609. The topological polar surface area (TPSA) is 41.1 Å². The third-order valence-electron chi connectivity index (χ3n) is 4.95. The number of amides is 1. The van der Waals surface area contributed by atoms with Crippen LogP contribution in [0.4, 0.5) is 0 Å². The van der Waals surface area contributed by atoms with Crippen molar-refractivity contribution in [2.75, 3.05) is 19.6 Å². The Balaban J connectivity index is 1.44. The zero-order valence-electron chi connectivity index (χ0n) is 15.1. The van der Waals surface area contributed by atoms with Gasteiger partial charge in [-0.3, -0.25) is 4.79 Å². The maximum atomic E-state index is 12.3. The fraction of sp³-hybridized carbons (Fsp3) is 0.409. The minimum absolute atomic E-state index is 0.0255. The summed E-state index contributed by atoms with van der Waals surface area (Å²) in [6, 6.07) is 16.7. The van der Waals surface area contributed by atoms with Crippen molar-refractivity contribution < 1.29 is 4.79 Å². The SMILES string of the molecule is Cc1cccc(CCCNC(=O)c2ccc([C@@H]3CCCNC3)cc2)c1. The zero-order valence-corrected chi connectivity index (χ0v) is 15.1. The van der Waals surface area contributed by atoms with E-state index in [0.717, 1.165) is 31.5 Å². The van der Waals surface area contributed by atoms with Crippen LogP contribution in [0.2, 0.25) is 0 Å². The van der Waals surface area contributed by atoms with Gasteiger partial charge in [-0.25, -0.2) is 0 Å². The van der Waals surface area contributed by atoms with E-state index in [1.54, 1.807) is 0 Å². The molecule has 25 heavy (non-hydrogen) atoms. The van der Waals surface area contributed by atoms with Gasteiger partial charge in [0, 0.05) is 18.7 Å². The summed E-state index contributed by atoms with van der Waals surface area (Å²) in [6.45, 7) is 4.99. The van der Waals surface area contributed by atoms with Gasteiger partial charge >= 0.3 is 0 Å². The fourth-order valence-corrected chi connectivity index (χ4v) is 3.51. The van der Waals surface area contributed by atoms with Gasteiger partial charge in [0.2, 0.25) is 0 Å². The van der Waals surface area contributed by atoms with Crippen molar-refractivity contribution >= 4 is 5.91 Å². The number of hydrogen-bond acceptors (Lipinski definition) is 2. The number of nitrogens with one attached hydrogen (secondary N) is 2. The van der Waals surface area contributed by atoms with Gasteiger partial charge in [-0.2, -0.15) is 0 Å². The van der Waals surface area contributed by atoms with E-state index in [0.29, 0.717) is 12.5 Å². The molecule has 0 saturated carbocycles. The highest BCUT2D eigenvalue weighted by Gasteiger charge is 2.15. The molecule has 1 aliphatic heterocycles. The predicted octanol–water partition coefficient (Wildman–Crippen LogP) is 3.82. The van der Waals surface area contributed by atoms with Crippen LogP contribution < -0.4 is 10.6 Å². The molecule has 2 aromatic rings. The van der Waals surface area contributed by atoms with E-state index in [1.807, 2.05) is 12.1 Å². The molecule has 1 amide bonds. The third-order valence-corrected chi connectivity index (χ3v) is 4.95. The van der Waals surface area contributed by atoms with Crippen molar-refractivity contribution in [3.63, 3.8) is 0 Å². The smallest absolute Gasteiger partial charge is 0.251 e. The second-order valence-corrected chi connectivity index (χ2v) is 7.01. The summed E-state index contributed by atoms with van der Waals surface area (Å²) in [6.07, 6.45) is 4.42. The van der Waals surface area contributed by atoms with Crippen LogP contribution in [0.25, 0.3) is 0 Å². The molecular formula is C22H28N2O. The van der Waals surface area contributed by atoms with Crippen molar-refractivity contribution in [1.82, 2.24) is 10.6 Å². The van der Waals surface area contributed by atoms with E-state index in [2.05, 4.69) is 54.0 Å². The first kappa shape index (κ1) is 17.7. The second kappa shape index (κ2) is 8.82. The molecule has 1 fully saturated rings. The standard InChI is InChI=1S/C22H28N2O/c1-17-5-2-6-18(15-17)7-3-14-24-22(25)20-11-9-19(10-12-20)21-8-4-13-23-16-21/h2,5-6,9-12,15,21,23H,3-4,7-8,13-14,16H2,1H3,(H,24,25)/t21-/m1/s1. The van der Waals surface area contributed by atoms with Gasteiger partial charge in [-0.15, -0.1) is 0 Å². The van der Waals surface area contributed by atoms with Crippen LogP contribution in [-0.4, -0.2) is 25.5 Å². The molecular weight excluding hydrogens is 308 g/mol. The third kappa shape index (κ3) is 5.17. The van der Waals surface area contributed by atoms with Crippen molar-refractivity contribution in [2.45, 2.75) is 38.5 Å². The molecule has 0 aliphatic carbocycles. The Morgan fingerprint density at radius 3 is 2.76 bits per heavy atom. The number of carbonyl (C=O) groups excluding carboxylic acids is 1. The van der Waals surface area contributed by atoms with Crippen LogP contribution in [0, 0.1) is 6.92 Å². The number of benzene rings is 2. The molecule has 0 aromatic heterocycles. The Morgan fingerprint density at radius 1 is 1.20 bits per heavy atom. The molecule has 1 aliphatic rings. The predicted molar refractivity (Wildman–Crippen MR) is 103 cm³/mol. The molecule has 0 bridgehead atoms. The monoisotopic (exact) mass is 336 g/mol. The second-order valence-electron chi connectivity index (χ2n) is 7.01. The fourth-order valence-electron chi connectivity index (χ4n) is 3.51. The summed E-state index contributed by atoms with van der Waals surface area (Å²) < 4.78 is 0. The van der Waals surface area contributed by atoms with E-state index in [4.69, 9.17) is 0 Å². The van der Waals surface area contributed by atoms with Crippen molar-refractivity contribution in [3.05, 3.63) is 70.8 Å². The first-order valence-electron chi connectivity index (χ1n) is 9.37. The highest BCUT2D eigenvalue weighted by atomic mass is 16.1. The molecule has 1 heterocycles. The number of aryl methyl sites for hydroxylation is 2. The summed E-state index contributed by atoms with van der Waals surface area (Å²) in [5.41, 5.74) is 4.71. The molecule has 2 aromatic carbocycles. The lowest BCUT2D eigenvalue weighted by Gasteiger charge is -2.23. The van der Waals surface area contributed by atoms with E-state index >= 15 is 0 Å². The molecule has 0 spiro atoms. The molecule has 3 nitrogen and oxygen atoms in total. The lowest BCUT2D eigenvalue weighted by Crippen LogP contribution is -2.28. The van der Waals surface area contributed by atoms with Gasteiger partial charge in [-0.05, 0) is 68.3 Å². The minimum Gasteiger partial charge on any atom is -0.352 e. The number of rotatable bonds is 6. The number of piperidine rings is 1. The summed E-state index contributed by atoms with van der Waals surface area (Å²) in [7, 11) is 0.